The van der Waals surface area contributed by atoms with E-state index in [0.29, 0.717) is 17.9 Å². The van der Waals surface area contributed by atoms with E-state index in [4.69, 9.17) is 0 Å². The maximum atomic E-state index is 12.0. The number of H-pyrrole nitrogens is 2. The molecule has 2 rings (SSSR count). The van der Waals surface area contributed by atoms with Crippen LogP contribution in [0.15, 0.2) is 23.6 Å². The molecule has 0 aromatic carbocycles. The van der Waals surface area contributed by atoms with Crippen molar-refractivity contribution in [3.05, 3.63) is 30.0 Å². The number of hydrogen-bond acceptors (Lipinski definition) is 5. The topological polar surface area (TPSA) is 116 Å². The first-order valence-electron chi connectivity index (χ1n) is 5.28. The van der Waals surface area contributed by atoms with Gasteiger partial charge in [0.1, 0.15) is 5.82 Å². The van der Waals surface area contributed by atoms with Crippen molar-refractivity contribution in [2.75, 3.05) is 7.05 Å². The standard InChI is InChI=1S/C9H14N6O2S/c1-10-4-7-5-13-15-9(7)18(16,17)14-6-8-11-2-3-12-8/h2-3,5,10,14H,4,6H2,1H3,(H,11,12)(H,13,15). The molecule has 0 aliphatic heterocycles. The normalized spacial score (nSPS) is 11.8. The van der Waals surface area contributed by atoms with E-state index < -0.39 is 10.0 Å². The number of hydrogen-bond donors (Lipinski definition) is 4. The van der Waals surface area contributed by atoms with Crippen LogP contribution >= 0.6 is 0 Å². The van der Waals surface area contributed by atoms with Gasteiger partial charge in [-0.25, -0.2) is 18.1 Å². The Balaban J connectivity index is 2.12. The first-order chi connectivity index (χ1) is 8.63. The van der Waals surface area contributed by atoms with Crippen LogP contribution in [0.25, 0.3) is 0 Å². The third-order valence-electron chi connectivity index (χ3n) is 2.30. The number of rotatable bonds is 6. The minimum atomic E-state index is -3.61. The fourth-order valence-corrected chi connectivity index (χ4v) is 2.59. The summed E-state index contributed by atoms with van der Waals surface area (Å²) in [7, 11) is -1.88. The zero-order valence-electron chi connectivity index (χ0n) is 9.77. The smallest absolute Gasteiger partial charge is 0.258 e. The van der Waals surface area contributed by atoms with Crippen LogP contribution in [0.2, 0.25) is 0 Å². The van der Waals surface area contributed by atoms with E-state index in [1.165, 1.54) is 6.20 Å². The lowest BCUT2D eigenvalue weighted by Crippen LogP contribution is -2.25. The maximum absolute atomic E-state index is 12.0. The molecule has 0 aliphatic carbocycles. The summed E-state index contributed by atoms with van der Waals surface area (Å²) in [4.78, 5) is 6.76. The van der Waals surface area contributed by atoms with Gasteiger partial charge in [-0.1, -0.05) is 0 Å². The van der Waals surface area contributed by atoms with Gasteiger partial charge in [0.2, 0.25) is 0 Å². The first-order valence-corrected chi connectivity index (χ1v) is 6.76. The lowest BCUT2D eigenvalue weighted by atomic mass is 10.4. The highest BCUT2D eigenvalue weighted by atomic mass is 32.2. The molecule has 18 heavy (non-hydrogen) atoms. The van der Waals surface area contributed by atoms with Crippen molar-refractivity contribution in [2.45, 2.75) is 18.1 Å². The molecule has 0 radical (unpaired) electrons. The number of imidazole rings is 1. The summed E-state index contributed by atoms with van der Waals surface area (Å²) in [6, 6.07) is 0. The highest BCUT2D eigenvalue weighted by Gasteiger charge is 2.20. The zero-order valence-corrected chi connectivity index (χ0v) is 10.6. The Bertz CT molecular complexity index is 588. The highest BCUT2D eigenvalue weighted by molar-refractivity contribution is 7.89. The van der Waals surface area contributed by atoms with Crippen molar-refractivity contribution in [3.63, 3.8) is 0 Å². The average Bonchev–Trinajstić information content (AvgIpc) is 2.97. The number of nitrogens with zero attached hydrogens (tertiary/aromatic N) is 2. The summed E-state index contributed by atoms with van der Waals surface area (Å²) < 4.78 is 26.5. The number of aromatic nitrogens is 4. The van der Waals surface area contributed by atoms with E-state index in [0.717, 1.165) is 0 Å². The van der Waals surface area contributed by atoms with Crippen molar-refractivity contribution >= 4 is 10.0 Å². The molecule has 0 fully saturated rings. The molecule has 8 nitrogen and oxygen atoms in total. The lowest BCUT2D eigenvalue weighted by Gasteiger charge is -2.05. The second-order valence-electron chi connectivity index (χ2n) is 3.62. The molecule has 2 heterocycles. The predicted molar refractivity (Wildman–Crippen MR) is 64.0 cm³/mol. The predicted octanol–water partition coefficient (Wildman–Crippen LogP) is -0.669. The molecule has 0 atom stereocenters. The zero-order chi connectivity index (χ0) is 13.0. The van der Waals surface area contributed by atoms with Crippen molar-refractivity contribution in [3.8, 4) is 0 Å². The number of sulfonamides is 1. The van der Waals surface area contributed by atoms with E-state index in [9.17, 15) is 8.42 Å². The van der Waals surface area contributed by atoms with E-state index in [-0.39, 0.29) is 11.6 Å². The van der Waals surface area contributed by atoms with Crippen LogP contribution in [-0.2, 0) is 23.1 Å². The summed E-state index contributed by atoms with van der Waals surface area (Å²) in [6.07, 6.45) is 4.68. The molecule has 0 saturated carbocycles. The van der Waals surface area contributed by atoms with Crippen molar-refractivity contribution in [2.24, 2.45) is 0 Å². The molecule has 0 amide bonds. The average molecular weight is 270 g/mol. The fourth-order valence-electron chi connectivity index (χ4n) is 1.48. The summed E-state index contributed by atoms with van der Waals surface area (Å²) in [5.41, 5.74) is 0.587. The molecule has 98 valence electrons. The lowest BCUT2D eigenvalue weighted by molar-refractivity contribution is 0.573. The van der Waals surface area contributed by atoms with Gasteiger partial charge >= 0.3 is 0 Å². The Morgan fingerprint density at radius 3 is 2.89 bits per heavy atom. The van der Waals surface area contributed by atoms with Crippen molar-refractivity contribution in [1.29, 1.82) is 0 Å². The van der Waals surface area contributed by atoms with Crippen LogP contribution in [0.5, 0.6) is 0 Å². The third kappa shape index (κ3) is 2.75. The molecular weight excluding hydrogens is 256 g/mol. The SMILES string of the molecule is CNCc1cn[nH]c1S(=O)(=O)NCc1ncc[nH]1. The molecule has 0 spiro atoms. The van der Waals surface area contributed by atoms with Gasteiger partial charge in [-0.05, 0) is 7.05 Å². The quantitative estimate of drug-likeness (QED) is 0.555. The van der Waals surface area contributed by atoms with Crippen molar-refractivity contribution < 1.29 is 8.42 Å². The van der Waals surface area contributed by atoms with Crippen LogP contribution in [-0.4, -0.2) is 35.6 Å². The molecule has 2 aromatic rings. The second-order valence-corrected chi connectivity index (χ2v) is 5.32. The number of nitrogens with one attached hydrogen (secondary N) is 4. The number of aromatic amines is 2. The van der Waals surface area contributed by atoms with Gasteiger partial charge in [0, 0.05) is 24.5 Å². The van der Waals surface area contributed by atoms with Gasteiger partial charge < -0.3 is 10.3 Å². The molecule has 0 bridgehead atoms. The molecule has 0 saturated heterocycles. The minimum absolute atomic E-state index is 0.0726. The Kier molecular flexibility index (Phi) is 3.75. The monoisotopic (exact) mass is 270 g/mol. The highest BCUT2D eigenvalue weighted by Crippen LogP contribution is 2.11. The van der Waals surface area contributed by atoms with Gasteiger partial charge in [0.15, 0.2) is 5.03 Å². The van der Waals surface area contributed by atoms with Gasteiger partial charge in [0.25, 0.3) is 10.0 Å². The molecule has 0 unspecified atom stereocenters. The van der Waals surface area contributed by atoms with Gasteiger partial charge in [-0.15, -0.1) is 0 Å². The molecule has 2 aromatic heterocycles. The van der Waals surface area contributed by atoms with Crippen LogP contribution in [0.4, 0.5) is 0 Å². The van der Waals surface area contributed by atoms with E-state index in [1.807, 2.05) is 0 Å². The molecular formula is C9H14N6O2S. The van der Waals surface area contributed by atoms with E-state index in [2.05, 4.69) is 30.2 Å². The summed E-state index contributed by atoms with van der Waals surface area (Å²) in [6.45, 7) is 0.529. The first kappa shape index (κ1) is 12.7. The second kappa shape index (κ2) is 5.29. The van der Waals surface area contributed by atoms with Crippen LogP contribution in [0.1, 0.15) is 11.4 Å². The minimum Gasteiger partial charge on any atom is -0.347 e. The summed E-state index contributed by atoms with van der Waals surface area (Å²) >= 11 is 0. The molecule has 9 heteroatoms. The molecule has 4 N–H and O–H groups in total. The van der Waals surface area contributed by atoms with Crippen molar-refractivity contribution in [1.82, 2.24) is 30.2 Å². The third-order valence-corrected chi connectivity index (χ3v) is 3.71. The van der Waals surface area contributed by atoms with Gasteiger partial charge in [-0.2, -0.15) is 5.10 Å². The fraction of sp³-hybridized carbons (Fsp3) is 0.333. The van der Waals surface area contributed by atoms with Crippen LogP contribution in [0, 0.1) is 0 Å². The Morgan fingerprint density at radius 2 is 2.22 bits per heavy atom. The maximum Gasteiger partial charge on any atom is 0.258 e. The van der Waals surface area contributed by atoms with Gasteiger partial charge in [0.05, 0.1) is 12.7 Å². The summed E-state index contributed by atoms with van der Waals surface area (Å²) in [5.74, 6) is 0.549. The van der Waals surface area contributed by atoms with Crippen LogP contribution in [0.3, 0.4) is 0 Å². The van der Waals surface area contributed by atoms with Gasteiger partial charge in [-0.3, -0.25) is 5.10 Å². The van der Waals surface area contributed by atoms with E-state index >= 15 is 0 Å². The molecule has 0 aliphatic rings. The Hall–Kier alpha value is -1.71. The van der Waals surface area contributed by atoms with E-state index in [1.54, 1.807) is 19.4 Å². The largest absolute Gasteiger partial charge is 0.347 e. The Morgan fingerprint density at radius 1 is 1.39 bits per heavy atom. The van der Waals surface area contributed by atoms with Crippen LogP contribution < -0.4 is 10.0 Å². The Labute approximate surface area is 104 Å². The summed E-state index contributed by atoms with van der Waals surface area (Å²) in [5, 5.41) is 9.19.